The van der Waals surface area contributed by atoms with Gasteiger partial charge < -0.3 is 4.74 Å². The van der Waals surface area contributed by atoms with E-state index in [0.717, 1.165) is 11.8 Å². The van der Waals surface area contributed by atoms with E-state index in [1.54, 1.807) is 73.2 Å². The normalized spacial score (nSPS) is 10.7. The van der Waals surface area contributed by atoms with Crippen LogP contribution in [-0.2, 0) is 4.79 Å². The SMILES string of the molecule is COc1ccc(-n2c(SCC(=O)NNC(=O)c3cccs3)nc3ccccc3c2=O)cc1. The summed E-state index contributed by atoms with van der Waals surface area (Å²) in [6.45, 7) is 0. The van der Waals surface area contributed by atoms with Gasteiger partial charge in [0.25, 0.3) is 11.5 Å². The van der Waals surface area contributed by atoms with Crippen LogP contribution < -0.4 is 21.1 Å². The Kier molecular flexibility index (Phi) is 6.52. The Hall–Kier alpha value is -3.63. The molecule has 0 fully saturated rings. The maximum absolute atomic E-state index is 13.2. The van der Waals surface area contributed by atoms with Gasteiger partial charge in [-0.25, -0.2) is 4.98 Å². The van der Waals surface area contributed by atoms with Gasteiger partial charge in [-0.2, -0.15) is 0 Å². The molecule has 0 atom stereocenters. The van der Waals surface area contributed by atoms with E-state index in [1.807, 2.05) is 0 Å². The number of fused-ring (bicyclic) bond motifs is 1. The molecule has 0 aliphatic rings. The number of methoxy groups -OCH3 is 1. The van der Waals surface area contributed by atoms with Crippen molar-refractivity contribution >= 4 is 45.8 Å². The standard InChI is InChI=1S/C22H18N4O4S2/c1-30-15-10-8-14(9-11-15)26-21(29)16-5-2-3-6-17(16)23-22(26)32-13-19(27)24-25-20(28)18-7-4-12-31-18/h2-12H,13H2,1H3,(H,24,27)(H,25,28). The van der Waals surface area contributed by atoms with Gasteiger partial charge in [0.15, 0.2) is 5.16 Å². The van der Waals surface area contributed by atoms with Gasteiger partial charge >= 0.3 is 0 Å². The van der Waals surface area contributed by atoms with Gasteiger partial charge in [-0.15, -0.1) is 11.3 Å². The topological polar surface area (TPSA) is 102 Å². The molecule has 0 saturated carbocycles. The number of thiophene rings is 1. The number of hydrogen-bond acceptors (Lipinski definition) is 7. The number of nitrogens with zero attached hydrogens (tertiary/aromatic N) is 2. The predicted octanol–water partition coefficient (Wildman–Crippen LogP) is 3.01. The minimum absolute atomic E-state index is 0.0499. The van der Waals surface area contributed by atoms with Crippen molar-refractivity contribution in [3.63, 3.8) is 0 Å². The van der Waals surface area contributed by atoms with Crippen LogP contribution in [0.3, 0.4) is 0 Å². The molecule has 0 unspecified atom stereocenters. The van der Waals surface area contributed by atoms with E-state index in [1.165, 1.54) is 15.9 Å². The number of amides is 2. The highest BCUT2D eigenvalue weighted by Gasteiger charge is 2.15. The van der Waals surface area contributed by atoms with E-state index >= 15 is 0 Å². The zero-order valence-corrected chi connectivity index (χ0v) is 18.5. The molecule has 0 bridgehead atoms. The molecule has 162 valence electrons. The van der Waals surface area contributed by atoms with Crippen molar-refractivity contribution in [3.05, 3.63) is 81.3 Å². The highest BCUT2D eigenvalue weighted by atomic mass is 32.2. The van der Waals surface area contributed by atoms with Crippen molar-refractivity contribution in [3.8, 4) is 11.4 Å². The maximum Gasteiger partial charge on any atom is 0.279 e. The van der Waals surface area contributed by atoms with Crippen LogP contribution in [0.15, 0.2) is 76.0 Å². The minimum Gasteiger partial charge on any atom is -0.497 e. The van der Waals surface area contributed by atoms with Crippen LogP contribution in [0.1, 0.15) is 9.67 Å². The van der Waals surface area contributed by atoms with Crippen LogP contribution in [0.4, 0.5) is 0 Å². The lowest BCUT2D eigenvalue weighted by molar-refractivity contribution is -0.119. The minimum atomic E-state index is -0.427. The number of carbonyl (C=O) groups is 2. The third kappa shape index (κ3) is 4.66. The maximum atomic E-state index is 13.2. The molecule has 10 heteroatoms. The van der Waals surface area contributed by atoms with E-state index in [9.17, 15) is 14.4 Å². The molecule has 2 aromatic heterocycles. The lowest BCUT2D eigenvalue weighted by Crippen LogP contribution is -2.42. The molecule has 0 radical (unpaired) electrons. The Morgan fingerprint density at radius 2 is 1.84 bits per heavy atom. The first-order valence-corrected chi connectivity index (χ1v) is 11.3. The van der Waals surface area contributed by atoms with Crippen molar-refractivity contribution in [2.24, 2.45) is 0 Å². The Labute approximate surface area is 191 Å². The van der Waals surface area contributed by atoms with Crippen LogP contribution in [0.5, 0.6) is 5.75 Å². The number of nitrogens with one attached hydrogen (secondary N) is 2. The first-order chi connectivity index (χ1) is 15.6. The second-order valence-electron chi connectivity index (χ2n) is 6.52. The van der Waals surface area contributed by atoms with Crippen molar-refractivity contribution in [1.29, 1.82) is 0 Å². The zero-order chi connectivity index (χ0) is 22.5. The van der Waals surface area contributed by atoms with Crippen LogP contribution in [0.2, 0.25) is 0 Å². The highest BCUT2D eigenvalue weighted by Crippen LogP contribution is 2.22. The van der Waals surface area contributed by atoms with Gasteiger partial charge in [0.05, 0.1) is 34.3 Å². The summed E-state index contributed by atoms with van der Waals surface area (Å²) in [6.07, 6.45) is 0. The lowest BCUT2D eigenvalue weighted by Gasteiger charge is -2.13. The fraction of sp³-hybridized carbons (Fsp3) is 0.0909. The molecule has 0 saturated heterocycles. The van der Waals surface area contributed by atoms with Crippen LogP contribution in [0.25, 0.3) is 16.6 Å². The van der Waals surface area contributed by atoms with E-state index in [2.05, 4.69) is 15.8 Å². The van der Waals surface area contributed by atoms with Gasteiger partial charge in [0.2, 0.25) is 5.91 Å². The Bertz CT molecular complexity index is 1320. The molecule has 4 aromatic rings. The summed E-state index contributed by atoms with van der Waals surface area (Å²) in [4.78, 5) is 42.6. The second kappa shape index (κ2) is 9.67. The molecule has 2 heterocycles. The summed E-state index contributed by atoms with van der Waals surface area (Å²) in [5.41, 5.74) is 5.66. The molecule has 0 spiro atoms. The number of thioether (sulfide) groups is 1. The predicted molar refractivity (Wildman–Crippen MR) is 125 cm³/mol. The van der Waals surface area contributed by atoms with E-state index in [-0.39, 0.29) is 11.3 Å². The quantitative estimate of drug-likeness (QED) is 0.257. The zero-order valence-electron chi connectivity index (χ0n) is 16.9. The number of benzene rings is 2. The second-order valence-corrected chi connectivity index (χ2v) is 8.41. The molecule has 4 rings (SSSR count). The summed E-state index contributed by atoms with van der Waals surface area (Å²) in [7, 11) is 1.57. The summed E-state index contributed by atoms with van der Waals surface area (Å²) in [5.74, 6) is -0.211. The third-order valence-corrected chi connectivity index (χ3v) is 6.28. The van der Waals surface area contributed by atoms with E-state index in [0.29, 0.717) is 32.4 Å². The lowest BCUT2D eigenvalue weighted by atomic mass is 10.2. The molecule has 0 aliphatic heterocycles. The molecule has 8 nitrogen and oxygen atoms in total. The van der Waals surface area contributed by atoms with Crippen LogP contribution in [0, 0.1) is 0 Å². The van der Waals surface area contributed by atoms with Gasteiger partial charge in [-0.05, 0) is 47.8 Å². The number of aromatic nitrogens is 2. The van der Waals surface area contributed by atoms with E-state index < -0.39 is 11.8 Å². The fourth-order valence-electron chi connectivity index (χ4n) is 2.93. The number of ether oxygens (including phenoxy) is 1. The Balaban J connectivity index is 1.57. The number of hydrogen-bond donors (Lipinski definition) is 2. The van der Waals surface area contributed by atoms with Crippen molar-refractivity contribution in [2.75, 3.05) is 12.9 Å². The van der Waals surface area contributed by atoms with Crippen molar-refractivity contribution in [2.45, 2.75) is 5.16 Å². The van der Waals surface area contributed by atoms with Gasteiger partial charge in [0.1, 0.15) is 5.75 Å². The molecule has 2 N–H and O–H groups in total. The van der Waals surface area contributed by atoms with Gasteiger partial charge in [-0.1, -0.05) is 30.0 Å². The molecule has 2 amide bonds. The first kappa shape index (κ1) is 21.6. The van der Waals surface area contributed by atoms with Crippen molar-refractivity contribution < 1.29 is 14.3 Å². The average molecular weight is 467 g/mol. The molecule has 0 aliphatic carbocycles. The Morgan fingerprint density at radius 3 is 2.56 bits per heavy atom. The van der Waals surface area contributed by atoms with Crippen LogP contribution in [-0.4, -0.2) is 34.2 Å². The van der Waals surface area contributed by atoms with Gasteiger partial charge in [0, 0.05) is 0 Å². The smallest absolute Gasteiger partial charge is 0.279 e. The number of carbonyl (C=O) groups excluding carboxylic acids is 2. The summed E-state index contributed by atoms with van der Waals surface area (Å²) in [6, 6.07) is 17.5. The first-order valence-electron chi connectivity index (χ1n) is 9.48. The molecular weight excluding hydrogens is 448 g/mol. The van der Waals surface area contributed by atoms with Crippen molar-refractivity contribution in [1.82, 2.24) is 20.4 Å². The van der Waals surface area contributed by atoms with E-state index in [4.69, 9.17) is 4.74 Å². The number of para-hydroxylation sites is 1. The third-order valence-electron chi connectivity index (χ3n) is 4.47. The molecule has 32 heavy (non-hydrogen) atoms. The average Bonchev–Trinajstić information content (AvgIpc) is 3.37. The van der Waals surface area contributed by atoms with Crippen LogP contribution >= 0.6 is 23.1 Å². The number of hydrazine groups is 1. The summed E-state index contributed by atoms with van der Waals surface area (Å²) < 4.78 is 6.66. The fourth-order valence-corrected chi connectivity index (χ4v) is 4.36. The van der Waals surface area contributed by atoms with Gasteiger partial charge in [-0.3, -0.25) is 29.8 Å². The summed E-state index contributed by atoms with van der Waals surface area (Å²) >= 11 is 2.37. The molecular formula is C22H18N4O4S2. The number of rotatable bonds is 6. The highest BCUT2D eigenvalue weighted by molar-refractivity contribution is 7.99. The monoisotopic (exact) mass is 466 g/mol. The Morgan fingerprint density at radius 1 is 1.06 bits per heavy atom. The molecule has 2 aromatic carbocycles. The summed E-state index contributed by atoms with van der Waals surface area (Å²) in [5, 5.41) is 2.61. The largest absolute Gasteiger partial charge is 0.497 e.